The van der Waals surface area contributed by atoms with Gasteiger partial charge in [0.2, 0.25) is 5.95 Å². The van der Waals surface area contributed by atoms with Crippen LogP contribution in [0.3, 0.4) is 0 Å². The van der Waals surface area contributed by atoms with E-state index in [0.29, 0.717) is 50.9 Å². The molecular formula is C31H31FN8O. The number of methoxy groups -OCH3 is 1. The van der Waals surface area contributed by atoms with Crippen LogP contribution in [0.2, 0.25) is 0 Å². The highest BCUT2D eigenvalue weighted by Crippen LogP contribution is 2.39. The molecule has 0 unspecified atom stereocenters. The summed E-state index contributed by atoms with van der Waals surface area (Å²) in [6.07, 6.45) is 7.65. The maximum Gasteiger partial charge on any atom is 0.212 e. The fourth-order valence-electron chi connectivity index (χ4n) is 4.99. The first-order valence-corrected chi connectivity index (χ1v) is 13.6. The van der Waals surface area contributed by atoms with E-state index in [4.69, 9.17) is 4.74 Å². The Bertz CT molecular complexity index is 1670. The number of nitrogens with zero attached hydrogens (tertiary/aromatic N) is 4. The Hall–Kier alpha value is -4.88. The molecule has 2 aromatic carbocycles. The Labute approximate surface area is 239 Å². The number of fused-ring (bicyclic) bond motifs is 1. The number of hydrogen-bond donors (Lipinski definition) is 4. The van der Waals surface area contributed by atoms with Crippen LogP contribution in [0.25, 0.3) is 10.9 Å². The van der Waals surface area contributed by atoms with E-state index in [1.54, 1.807) is 19.4 Å². The lowest BCUT2D eigenvalue weighted by Gasteiger charge is -2.24. The average Bonchev–Trinajstić information content (AvgIpc) is 3.75. The molecule has 4 N–H and O–H groups in total. The van der Waals surface area contributed by atoms with Gasteiger partial charge in [0, 0.05) is 41.8 Å². The van der Waals surface area contributed by atoms with Crippen molar-refractivity contribution in [3.8, 4) is 11.8 Å². The van der Waals surface area contributed by atoms with E-state index in [9.17, 15) is 11.0 Å². The van der Waals surface area contributed by atoms with Gasteiger partial charge in [0.25, 0.3) is 0 Å². The molecule has 0 radical (unpaired) electrons. The predicted molar refractivity (Wildman–Crippen MR) is 156 cm³/mol. The normalized spacial score (nSPS) is 17.1. The molecule has 9 nitrogen and oxygen atoms in total. The van der Waals surface area contributed by atoms with Crippen LogP contribution < -0.4 is 26.3 Å². The van der Waals surface area contributed by atoms with Gasteiger partial charge in [0.15, 0.2) is 0 Å². The smallest absolute Gasteiger partial charge is 0.212 e. The molecule has 0 spiro atoms. The van der Waals surface area contributed by atoms with Crippen molar-refractivity contribution in [2.45, 2.75) is 44.3 Å². The number of ether oxygens (including phenoxy) is 1. The van der Waals surface area contributed by atoms with Crippen molar-refractivity contribution in [3.63, 3.8) is 0 Å². The van der Waals surface area contributed by atoms with Gasteiger partial charge in [-0.25, -0.2) is 4.98 Å². The average molecular weight is 552 g/mol. The Morgan fingerprint density at radius 3 is 2.66 bits per heavy atom. The van der Waals surface area contributed by atoms with E-state index in [0.717, 1.165) is 24.8 Å². The van der Waals surface area contributed by atoms with Gasteiger partial charge in [0.05, 0.1) is 37.5 Å². The highest BCUT2D eigenvalue weighted by atomic mass is 19.1. The van der Waals surface area contributed by atoms with Gasteiger partial charge in [-0.1, -0.05) is 43.3 Å². The number of nitriles is 1. The van der Waals surface area contributed by atoms with Crippen molar-refractivity contribution in [3.05, 3.63) is 102 Å². The predicted octanol–water partition coefficient (Wildman–Crippen LogP) is 5.69. The number of aromatic nitrogens is 2. The minimum atomic E-state index is -1.58. The summed E-state index contributed by atoms with van der Waals surface area (Å²) in [7, 11) is 1.56. The van der Waals surface area contributed by atoms with E-state index in [2.05, 4.69) is 56.7 Å². The number of nitrogens with one attached hydrogen (secondary N) is 4. The van der Waals surface area contributed by atoms with E-state index in [1.165, 1.54) is 18.3 Å². The molecule has 2 atom stereocenters. The zero-order chi connectivity index (χ0) is 29.3. The summed E-state index contributed by atoms with van der Waals surface area (Å²) in [5, 5.41) is 19.6. The third-order valence-corrected chi connectivity index (χ3v) is 7.29. The Morgan fingerprint density at radius 1 is 1.15 bits per heavy atom. The summed E-state index contributed by atoms with van der Waals surface area (Å²) in [4.78, 5) is 8.37. The highest BCUT2D eigenvalue weighted by Gasteiger charge is 2.32. The second-order valence-electron chi connectivity index (χ2n) is 10.0. The van der Waals surface area contributed by atoms with E-state index >= 15 is 0 Å². The molecule has 2 aromatic heterocycles. The zero-order valence-electron chi connectivity index (χ0n) is 23.8. The topological polar surface area (TPSA) is 110 Å². The van der Waals surface area contributed by atoms with Crippen LogP contribution >= 0.6 is 0 Å². The lowest BCUT2D eigenvalue weighted by molar-refractivity contribution is 0.260. The van der Waals surface area contributed by atoms with Gasteiger partial charge in [-0.3, -0.25) is 9.99 Å². The number of hydrogen-bond acceptors (Lipinski definition) is 9. The van der Waals surface area contributed by atoms with Crippen LogP contribution in [-0.4, -0.2) is 28.1 Å². The molecule has 1 aliphatic heterocycles. The van der Waals surface area contributed by atoms with Gasteiger partial charge in [-0.15, -0.1) is 5.53 Å². The minimum Gasteiger partial charge on any atom is -0.494 e. The summed E-state index contributed by atoms with van der Waals surface area (Å²) in [5.41, 5.74) is 10.4. The minimum absolute atomic E-state index is 0.0561. The van der Waals surface area contributed by atoms with Crippen LogP contribution in [0.1, 0.15) is 56.3 Å². The van der Waals surface area contributed by atoms with Crippen LogP contribution in [0.4, 0.5) is 15.8 Å². The van der Waals surface area contributed by atoms with Crippen molar-refractivity contribution < 1.29 is 10.5 Å². The molecule has 41 heavy (non-hydrogen) atoms. The van der Waals surface area contributed by atoms with Crippen molar-refractivity contribution in [2.24, 2.45) is 0 Å². The fourth-order valence-corrected chi connectivity index (χ4v) is 4.99. The fraction of sp³-hybridized carbons (Fsp3) is 0.258. The molecule has 1 saturated carbocycles. The molecule has 1 fully saturated rings. The molecule has 6 rings (SSSR count). The molecular weight excluding hydrogens is 519 g/mol. The van der Waals surface area contributed by atoms with Crippen LogP contribution in [0, 0.1) is 17.3 Å². The van der Waals surface area contributed by atoms with E-state index in [-0.39, 0.29) is 6.04 Å². The lowest BCUT2D eigenvalue weighted by atomic mass is 10.0. The number of rotatable bonds is 10. The highest BCUT2D eigenvalue weighted by molar-refractivity contribution is 5.99. The molecule has 0 bridgehead atoms. The van der Waals surface area contributed by atoms with E-state index < -0.39 is 12.0 Å². The largest absolute Gasteiger partial charge is 0.494 e. The standard InChI is InChI=1S/C31H31FN8O/c1-3-25(19-7-5-4-6-8-19)37-29-21(15-33)17-35-31-24(29)13-22(14-27(31)41-2)36-30(20-9-12-28(32)34-16-20)26-18-40(39-38-26)23-10-11-23/h4-9,12-14,16-18,23,25,30,36,38-39H,3,10-11H2,1-2H3,(H,35,37)/t25-,30-/m1/s1/i30D. The summed E-state index contributed by atoms with van der Waals surface area (Å²) in [5.74, 6) is -0.157. The lowest BCUT2D eigenvalue weighted by Crippen LogP contribution is -2.38. The SMILES string of the molecule is [2H][C@](Nc1cc(OC)c2ncc(C#N)c(N[C@H](CC)c3ccccc3)c2c1)(C1=CN(C2CC2)NN1)c1ccc(F)nc1. The second-order valence-corrected chi connectivity index (χ2v) is 10.0. The van der Waals surface area contributed by atoms with Crippen LogP contribution in [-0.2, 0) is 0 Å². The molecule has 208 valence electrons. The molecule has 0 amide bonds. The number of anilines is 2. The summed E-state index contributed by atoms with van der Waals surface area (Å²) in [6, 6.07) is 17.4. The number of hydrazine groups is 2. The molecule has 3 heterocycles. The first-order chi connectivity index (χ1) is 20.4. The number of benzene rings is 2. The van der Waals surface area contributed by atoms with Gasteiger partial charge >= 0.3 is 0 Å². The molecule has 1 aliphatic carbocycles. The van der Waals surface area contributed by atoms with Crippen LogP contribution in [0.15, 0.2) is 78.9 Å². The number of pyridine rings is 2. The van der Waals surface area contributed by atoms with Gasteiger partial charge in [0.1, 0.15) is 17.3 Å². The zero-order valence-corrected chi connectivity index (χ0v) is 22.8. The molecule has 10 heteroatoms. The second kappa shape index (κ2) is 11.3. The van der Waals surface area contributed by atoms with Crippen molar-refractivity contribution in [2.75, 3.05) is 17.7 Å². The van der Waals surface area contributed by atoms with E-state index in [1.807, 2.05) is 35.5 Å². The first-order valence-electron chi connectivity index (χ1n) is 14.1. The van der Waals surface area contributed by atoms with Crippen LogP contribution in [0.5, 0.6) is 5.75 Å². The maximum atomic E-state index is 13.8. The molecule has 4 aromatic rings. The molecule has 2 aliphatic rings. The van der Waals surface area contributed by atoms with Gasteiger partial charge in [-0.2, -0.15) is 9.65 Å². The first kappa shape index (κ1) is 25.1. The summed E-state index contributed by atoms with van der Waals surface area (Å²) >= 11 is 0. The van der Waals surface area contributed by atoms with Crippen molar-refractivity contribution in [1.29, 1.82) is 5.26 Å². The van der Waals surface area contributed by atoms with Gasteiger partial charge in [-0.05, 0) is 42.5 Å². The Balaban J connectivity index is 1.46. The number of halogens is 1. The van der Waals surface area contributed by atoms with Crippen molar-refractivity contribution >= 4 is 22.3 Å². The summed E-state index contributed by atoms with van der Waals surface area (Å²) in [6.45, 7) is 2.08. The molecule has 0 saturated heterocycles. The third-order valence-electron chi connectivity index (χ3n) is 7.29. The van der Waals surface area contributed by atoms with Crippen molar-refractivity contribution in [1.82, 2.24) is 25.9 Å². The summed E-state index contributed by atoms with van der Waals surface area (Å²) < 4.78 is 29.2. The Kier molecular flexibility index (Phi) is 6.93. The quantitative estimate of drug-likeness (QED) is 0.185. The maximum absolute atomic E-state index is 13.8. The third kappa shape index (κ3) is 5.44. The van der Waals surface area contributed by atoms with Gasteiger partial charge < -0.3 is 20.8 Å². The Morgan fingerprint density at radius 2 is 1.98 bits per heavy atom. The monoisotopic (exact) mass is 551 g/mol.